The molecule has 4 N–H and O–H groups in total. The summed E-state index contributed by atoms with van der Waals surface area (Å²) < 4.78 is 30.5. The highest BCUT2D eigenvalue weighted by Crippen LogP contribution is 2.29. The van der Waals surface area contributed by atoms with Crippen molar-refractivity contribution in [1.82, 2.24) is 4.72 Å². The molecule has 1 aromatic carbocycles. The average molecular weight is 425 g/mol. The Balaban J connectivity index is 2.46. The molecule has 1 aliphatic rings. The second-order valence-electron chi connectivity index (χ2n) is 6.78. The van der Waals surface area contributed by atoms with Gasteiger partial charge in [-0.05, 0) is 31.1 Å². The van der Waals surface area contributed by atoms with Crippen molar-refractivity contribution >= 4 is 27.9 Å². The van der Waals surface area contributed by atoms with Crippen molar-refractivity contribution in [2.75, 3.05) is 12.9 Å². The maximum absolute atomic E-state index is 12.5. The Labute approximate surface area is 168 Å². The van der Waals surface area contributed by atoms with Crippen LogP contribution in [0.2, 0.25) is 0 Å². The molecule has 0 saturated carbocycles. The summed E-state index contributed by atoms with van der Waals surface area (Å²) in [6, 6.07) is 0.835. The summed E-state index contributed by atoms with van der Waals surface area (Å²) >= 11 is 0. The lowest BCUT2D eigenvalue weighted by atomic mass is 10.00. The van der Waals surface area contributed by atoms with Crippen LogP contribution in [0.15, 0.2) is 29.9 Å². The molecule has 0 bridgehead atoms. The molecule has 0 aromatic heterocycles. The van der Waals surface area contributed by atoms with Crippen molar-refractivity contribution in [1.29, 1.82) is 0 Å². The number of aliphatic hydroxyl groups excluding tert-OH is 1. The zero-order valence-corrected chi connectivity index (χ0v) is 16.8. The number of phenols is 2. The number of carbonyl (C=O) groups is 2. The second-order valence-corrected chi connectivity index (χ2v) is 8.56. The molecule has 1 aromatic rings. The van der Waals surface area contributed by atoms with E-state index in [9.17, 15) is 33.3 Å². The number of fused-ring (bicyclic) bond motifs is 1. The van der Waals surface area contributed by atoms with E-state index in [4.69, 9.17) is 4.74 Å². The van der Waals surface area contributed by atoms with Crippen LogP contribution in [-0.4, -0.2) is 60.5 Å². The van der Waals surface area contributed by atoms with Crippen LogP contribution in [0.1, 0.15) is 35.7 Å². The van der Waals surface area contributed by atoms with Crippen LogP contribution in [0.25, 0.3) is 6.08 Å². The Hall–Kier alpha value is -2.69. The zero-order valence-electron chi connectivity index (χ0n) is 16.0. The SMILES string of the molecule is C/C1=C/C(=O)[C@@H](NS(C)(=O)=O)[C@@H](O)C/C=C/c2cc(O)cc(O)c2C(=O)OCC1. The first-order chi connectivity index (χ1) is 13.5. The minimum atomic E-state index is -3.77. The molecule has 0 amide bonds. The summed E-state index contributed by atoms with van der Waals surface area (Å²) in [5.74, 6) is -2.20. The number of esters is 1. The van der Waals surface area contributed by atoms with Crippen LogP contribution in [0.5, 0.6) is 11.5 Å². The van der Waals surface area contributed by atoms with Gasteiger partial charge in [0.2, 0.25) is 10.0 Å². The number of aromatic hydroxyl groups is 2. The van der Waals surface area contributed by atoms with Crippen molar-refractivity contribution in [3.63, 3.8) is 0 Å². The normalized spacial score (nSPS) is 24.6. The largest absolute Gasteiger partial charge is 0.508 e. The lowest BCUT2D eigenvalue weighted by Crippen LogP contribution is -2.47. The lowest BCUT2D eigenvalue weighted by Gasteiger charge is -2.20. The smallest absolute Gasteiger partial charge is 0.342 e. The van der Waals surface area contributed by atoms with Crippen LogP contribution in [0, 0.1) is 0 Å². The third-order valence-electron chi connectivity index (χ3n) is 4.16. The molecule has 0 saturated heterocycles. The fourth-order valence-electron chi connectivity index (χ4n) is 2.80. The third-order valence-corrected chi connectivity index (χ3v) is 4.84. The Bertz CT molecular complexity index is 965. The maximum atomic E-state index is 12.5. The number of carbonyl (C=O) groups excluding carboxylic acids is 2. The molecule has 1 heterocycles. The van der Waals surface area contributed by atoms with Crippen molar-refractivity contribution < 1.29 is 38.1 Å². The average Bonchev–Trinajstić information content (AvgIpc) is 2.57. The van der Waals surface area contributed by atoms with Gasteiger partial charge in [0.15, 0.2) is 5.78 Å². The number of nitrogens with one attached hydrogen (secondary N) is 1. The molecule has 0 fully saturated rings. The van der Waals surface area contributed by atoms with Crippen LogP contribution in [0.3, 0.4) is 0 Å². The van der Waals surface area contributed by atoms with Crippen LogP contribution in [-0.2, 0) is 19.6 Å². The van der Waals surface area contributed by atoms with Gasteiger partial charge in [-0.15, -0.1) is 0 Å². The number of sulfonamides is 1. The third kappa shape index (κ3) is 6.41. The number of hydrogen-bond acceptors (Lipinski definition) is 8. The summed E-state index contributed by atoms with van der Waals surface area (Å²) in [7, 11) is -3.77. The fraction of sp³-hybridized carbons (Fsp3) is 0.368. The first-order valence-corrected chi connectivity index (χ1v) is 10.6. The number of ether oxygens (including phenoxy) is 1. The van der Waals surface area contributed by atoms with Gasteiger partial charge in [-0.2, -0.15) is 0 Å². The Morgan fingerprint density at radius 2 is 1.90 bits per heavy atom. The second kappa shape index (κ2) is 9.21. The van der Waals surface area contributed by atoms with Gasteiger partial charge in [-0.25, -0.2) is 17.9 Å². The monoisotopic (exact) mass is 425 g/mol. The van der Waals surface area contributed by atoms with Gasteiger partial charge >= 0.3 is 5.97 Å². The highest BCUT2D eigenvalue weighted by molar-refractivity contribution is 7.88. The molecule has 10 heteroatoms. The molecule has 2 rings (SSSR count). The van der Waals surface area contributed by atoms with Crippen LogP contribution < -0.4 is 4.72 Å². The predicted molar refractivity (Wildman–Crippen MR) is 105 cm³/mol. The van der Waals surface area contributed by atoms with E-state index >= 15 is 0 Å². The zero-order chi connectivity index (χ0) is 21.8. The van der Waals surface area contributed by atoms with Gasteiger partial charge in [0, 0.05) is 12.5 Å². The molecule has 0 aliphatic carbocycles. The van der Waals surface area contributed by atoms with Gasteiger partial charge in [-0.1, -0.05) is 17.7 Å². The molecule has 0 radical (unpaired) electrons. The minimum absolute atomic E-state index is 0.0926. The highest BCUT2D eigenvalue weighted by atomic mass is 32.2. The summed E-state index contributed by atoms with van der Waals surface area (Å²) in [6.07, 6.45) is 3.47. The molecule has 0 unspecified atom stereocenters. The van der Waals surface area contributed by atoms with Crippen molar-refractivity contribution in [2.45, 2.75) is 31.9 Å². The van der Waals surface area contributed by atoms with Gasteiger partial charge in [-0.3, -0.25) is 4.79 Å². The summed E-state index contributed by atoms with van der Waals surface area (Å²) in [5, 5.41) is 30.1. The summed E-state index contributed by atoms with van der Waals surface area (Å²) in [4.78, 5) is 24.8. The van der Waals surface area contributed by atoms with E-state index in [1.54, 1.807) is 6.92 Å². The Kier molecular flexibility index (Phi) is 7.17. The highest BCUT2D eigenvalue weighted by Gasteiger charge is 2.28. The summed E-state index contributed by atoms with van der Waals surface area (Å²) in [5.41, 5.74) is 0.496. The lowest BCUT2D eigenvalue weighted by molar-refractivity contribution is -0.118. The van der Waals surface area contributed by atoms with E-state index < -0.39 is 39.7 Å². The van der Waals surface area contributed by atoms with E-state index in [2.05, 4.69) is 4.72 Å². The van der Waals surface area contributed by atoms with E-state index in [1.807, 2.05) is 0 Å². The van der Waals surface area contributed by atoms with Crippen molar-refractivity contribution in [2.24, 2.45) is 0 Å². The Morgan fingerprint density at radius 3 is 2.55 bits per heavy atom. The number of cyclic esters (lactones) is 1. The number of benzene rings is 1. The number of rotatable bonds is 2. The Morgan fingerprint density at radius 1 is 1.21 bits per heavy atom. The fourth-order valence-corrected chi connectivity index (χ4v) is 3.53. The molecule has 0 spiro atoms. The van der Waals surface area contributed by atoms with Crippen LogP contribution >= 0.6 is 0 Å². The van der Waals surface area contributed by atoms with E-state index in [0.29, 0.717) is 5.57 Å². The number of ketones is 1. The molecule has 29 heavy (non-hydrogen) atoms. The first kappa shape index (κ1) is 22.6. The molecule has 2 atom stereocenters. The quantitative estimate of drug-likeness (QED) is 0.510. The molecule has 1 aliphatic heterocycles. The number of hydrogen-bond donors (Lipinski definition) is 4. The van der Waals surface area contributed by atoms with Gasteiger partial charge in [0.25, 0.3) is 0 Å². The first-order valence-electron chi connectivity index (χ1n) is 8.74. The van der Waals surface area contributed by atoms with Crippen molar-refractivity contribution in [3.05, 3.63) is 41.0 Å². The van der Waals surface area contributed by atoms with E-state index in [0.717, 1.165) is 12.3 Å². The van der Waals surface area contributed by atoms with E-state index in [1.165, 1.54) is 24.3 Å². The topological polar surface area (TPSA) is 150 Å². The minimum Gasteiger partial charge on any atom is -0.508 e. The predicted octanol–water partition coefficient (Wildman–Crippen LogP) is 0.856. The molecule has 9 nitrogen and oxygen atoms in total. The number of phenolic OH excluding ortho intramolecular Hbond substituents is 2. The standard InChI is InChI=1S/C19H23NO8S/c1-11-6-7-28-19(25)17-12(9-13(21)10-15(17)23)4-3-5-14(22)18(16(24)8-11)20-29(2,26)27/h3-4,8-10,14,18,20-23H,5-7H2,1-2H3/b4-3+,11-8-/t14-,18-/m0/s1. The van der Waals surface area contributed by atoms with E-state index in [-0.39, 0.29) is 36.3 Å². The van der Waals surface area contributed by atoms with Gasteiger partial charge < -0.3 is 20.1 Å². The maximum Gasteiger partial charge on any atom is 0.342 e. The number of aliphatic hydroxyl groups is 1. The van der Waals surface area contributed by atoms with Gasteiger partial charge in [0.05, 0.1) is 19.0 Å². The molecular formula is C19H23NO8S. The molecular weight excluding hydrogens is 402 g/mol. The molecule has 158 valence electrons. The summed E-state index contributed by atoms with van der Waals surface area (Å²) in [6.45, 7) is 1.51. The van der Waals surface area contributed by atoms with Crippen LogP contribution in [0.4, 0.5) is 0 Å². The van der Waals surface area contributed by atoms with Crippen molar-refractivity contribution in [3.8, 4) is 11.5 Å². The van der Waals surface area contributed by atoms with Gasteiger partial charge in [0.1, 0.15) is 23.1 Å².